The van der Waals surface area contributed by atoms with Gasteiger partial charge in [-0.2, -0.15) is 0 Å². The van der Waals surface area contributed by atoms with Gasteiger partial charge in [0.2, 0.25) is 0 Å². The van der Waals surface area contributed by atoms with Crippen LogP contribution in [0.15, 0.2) is 24.3 Å². The summed E-state index contributed by atoms with van der Waals surface area (Å²) in [5, 5.41) is 3.70. The Morgan fingerprint density at radius 1 is 1.35 bits per heavy atom. The third-order valence-electron chi connectivity index (χ3n) is 4.05. The molecule has 0 amide bonds. The van der Waals surface area contributed by atoms with Crippen molar-refractivity contribution in [2.45, 2.75) is 45.3 Å². The Bertz CT molecular complexity index is 362. The van der Waals surface area contributed by atoms with E-state index in [1.165, 1.54) is 30.5 Å². The van der Waals surface area contributed by atoms with E-state index in [9.17, 15) is 0 Å². The van der Waals surface area contributed by atoms with Gasteiger partial charge in [-0.1, -0.05) is 24.3 Å². The van der Waals surface area contributed by atoms with E-state index in [-0.39, 0.29) is 0 Å². The number of hydrogen-bond donors (Lipinski definition) is 1. The molecule has 1 heterocycles. The summed E-state index contributed by atoms with van der Waals surface area (Å²) in [6.07, 6.45) is 2.54. The summed E-state index contributed by atoms with van der Waals surface area (Å²) in [7, 11) is 2.22. The van der Waals surface area contributed by atoms with E-state index >= 15 is 0 Å². The van der Waals surface area contributed by atoms with Crippen LogP contribution in [0.2, 0.25) is 0 Å². The summed E-state index contributed by atoms with van der Waals surface area (Å²) >= 11 is 0. The van der Waals surface area contributed by atoms with Gasteiger partial charge in [-0.15, -0.1) is 0 Å². The van der Waals surface area contributed by atoms with Crippen LogP contribution in [0.1, 0.15) is 30.9 Å². The van der Waals surface area contributed by atoms with Crippen molar-refractivity contribution >= 4 is 0 Å². The standard InChI is InChI=1S/C15H24N2/c1-12-6-4-5-7-14(12)11-16-15-8-9-17(3)13(2)10-15/h4-7,13,15-16H,8-11H2,1-3H3. The highest BCUT2D eigenvalue weighted by Gasteiger charge is 2.22. The van der Waals surface area contributed by atoms with Crippen LogP contribution >= 0.6 is 0 Å². The highest BCUT2D eigenvalue weighted by atomic mass is 15.1. The second-order valence-electron chi connectivity index (χ2n) is 5.36. The smallest absolute Gasteiger partial charge is 0.0210 e. The normalized spacial score (nSPS) is 26.1. The van der Waals surface area contributed by atoms with Crippen molar-refractivity contribution in [3.05, 3.63) is 35.4 Å². The molecule has 1 saturated heterocycles. The van der Waals surface area contributed by atoms with Crippen molar-refractivity contribution in [2.75, 3.05) is 13.6 Å². The quantitative estimate of drug-likeness (QED) is 0.861. The fourth-order valence-corrected chi connectivity index (χ4v) is 2.54. The molecule has 0 radical (unpaired) electrons. The first-order valence-corrected chi connectivity index (χ1v) is 6.65. The molecule has 2 unspecified atom stereocenters. The van der Waals surface area contributed by atoms with E-state index < -0.39 is 0 Å². The minimum absolute atomic E-state index is 0.681. The number of hydrogen-bond acceptors (Lipinski definition) is 2. The lowest BCUT2D eigenvalue weighted by atomic mass is 9.98. The van der Waals surface area contributed by atoms with Crippen LogP contribution in [0, 0.1) is 6.92 Å². The summed E-state index contributed by atoms with van der Waals surface area (Å²) < 4.78 is 0. The summed E-state index contributed by atoms with van der Waals surface area (Å²) in [5.41, 5.74) is 2.82. The zero-order valence-electron chi connectivity index (χ0n) is 11.2. The van der Waals surface area contributed by atoms with Gasteiger partial charge in [0.05, 0.1) is 0 Å². The van der Waals surface area contributed by atoms with Crippen LogP contribution in [0.4, 0.5) is 0 Å². The first kappa shape index (κ1) is 12.6. The van der Waals surface area contributed by atoms with Crippen LogP contribution < -0.4 is 5.32 Å². The molecular weight excluding hydrogens is 208 g/mol. The number of aryl methyl sites for hydroxylation is 1. The molecule has 2 atom stereocenters. The Hall–Kier alpha value is -0.860. The summed E-state index contributed by atoms with van der Waals surface area (Å²) in [5.74, 6) is 0. The maximum atomic E-state index is 3.70. The monoisotopic (exact) mass is 232 g/mol. The molecule has 2 nitrogen and oxygen atoms in total. The summed E-state index contributed by atoms with van der Waals surface area (Å²) in [6, 6.07) is 10.0. The number of benzene rings is 1. The fourth-order valence-electron chi connectivity index (χ4n) is 2.54. The highest BCUT2D eigenvalue weighted by Crippen LogP contribution is 2.16. The molecule has 0 spiro atoms. The average molecular weight is 232 g/mol. The van der Waals surface area contributed by atoms with E-state index in [4.69, 9.17) is 0 Å². The molecule has 0 aromatic heterocycles. The number of nitrogens with one attached hydrogen (secondary N) is 1. The number of rotatable bonds is 3. The Morgan fingerprint density at radius 3 is 2.82 bits per heavy atom. The number of likely N-dealkylation sites (tertiary alicyclic amines) is 1. The van der Waals surface area contributed by atoms with Crippen LogP contribution in [0.25, 0.3) is 0 Å². The van der Waals surface area contributed by atoms with E-state index in [0.29, 0.717) is 12.1 Å². The molecular formula is C15H24N2. The molecule has 17 heavy (non-hydrogen) atoms. The first-order valence-electron chi connectivity index (χ1n) is 6.65. The lowest BCUT2D eigenvalue weighted by Gasteiger charge is -2.35. The molecule has 1 N–H and O–H groups in total. The average Bonchev–Trinajstić information content (AvgIpc) is 2.32. The molecule has 2 rings (SSSR count). The molecule has 1 aliphatic rings. The largest absolute Gasteiger partial charge is 0.310 e. The van der Waals surface area contributed by atoms with Gasteiger partial charge in [-0.25, -0.2) is 0 Å². The predicted octanol–water partition coefficient (Wildman–Crippen LogP) is 2.57. The van der Waals surface area contributed by atoms with E-state index in [1.807, 2.05) is 0 Å². The van der Waals surface area contributed by atoms with Gasteiger partial charge in [-0.05, 0) is 51.4 Å². The van der Waals surface area contributed by atoms with Crippen molar-refractivity contribution in [3.63, 3.8) is 0 Å². The van der Waals surface area contributed by atoms with Gasteiger partial charge in [0.15, 0.2) is 0 Å². The van der Waals surface area contributed by atoms with Crippen LogP contribution in [-0.2, 0) is 6.54 Å². The minimum Gasteiger partial charge on any atom is -0.310 e. The van der Waals surface area contributed by atoms with Crippen molar-refractivity contribution in [3.8, 4) is 0 Å². The zero-order chi connectivity index (χ0) is 12.3. The van der Waals surface area contributed by atoms with Crippen LogP contribution in [0.3, 0.4) is 0 Å². The number of nitrogens with zero attached hydrogens (tertiary/aromatic N) is 1. The predicted molar refractivity (Wildman–Crippen MR) is 73.1 cm³/mol. The fraction of sp³-hybridized carbons (Fsp3) is 0.600. The molecule has 1 aromatic carbocycles. The summed E-state index contributed by atoms with van der Waals surface area (Å²) in [6.45, 7) is 6.73. The van der Waals surface area contributed by atoms with E-state index in [0.717, 1.165) is 6.54 Å². The van der Waals surface area contributed by atoms with E-state index in [2.05, 4.69) is 55.4 Å². The Labute approximate surface area is 105 Å². The van der Waals surface area contributed by atoms with Gasteiger partial charge in [0, 0.05) is 18.6 Å². The maximum Gasteiger partial charge on any atom is 0.0210 e. The molecule has 1 fully saturated rings. The molecule has 0 aliphatic carbocycles. The van der Waals surface area contributed by atoms with E-state index in [1.54, 1.807) is 0 Å². The van der Waals surface area contributed by atoms with Crippen molar-refractivity contribution in [1.82, 2.24) is 10.2 Å². The second kappa shape index (κ2) is 5.65. The van der Waals surface area contributed by atoms with Crippen LogP contribution in [-0.4, -0.2) is 30.6 Å². The Kier molecular flexibility index (Phi) is 4.19. The number of piperidine rings is 1. The third kappa shape index (κ3) is 3.30. The lowest BCUT2D eigenvalue weighted by molar-refractivity contribution is 0.168. The molecule has 0 bridgehead atoms. The molecule has 1 aromatic rings. The van der Waals surface area contributed by atoms with Crippen molar-refractivity contribution < 1.29 is 0 Å². The maximum absolute atomic E-state index is 3.70. The zero-order valence-corrected chi connectivity index (χ0v) is 11.2. The van der Waals surface area contributed by atoms with Gasteiger partial charge in [0.1, 0.15) is 0 Å². The third-order valence-corrected chi connectivity index (χ3v) is 4.05. The minimum atomic E-state index is 0.681. The van der Waals surface area contributed by atoms with Crippen LogP contribution in [0.5, 0.6) is 0 Å². The Balaban J connectivity index is 1.85. The SMILES string of the molecule is Cc1ccccc1CNC1CCN(C)C(C)C1. The lowest BCUT2D eigenvalue weighted by Crippen LogP contribution is -2.45. The summed E-state index contributed by atoms with van der Waals surface area (Å²) in [4.78, 5) is 2.45. The topological polar surface area (TPSA) is 15.3 Å². The van der Waals surface area contributed by atoms with Gasteiger partial charge < -0.3 is 10.2 Å². The Morgan fingerprint density at radius 2 is 2.12 bits per heavy atom. The highest BCUT2D eigenvalue weighted by molar-refractivity contribution is 5.25. The first-order chi connectivity index (χ1) is 8.16. The van der Waals surface area contributed by atoms with Gasteiger partial charge >= 0.3 is 0 Å². The molecule has 94 valence electrons. The van der Waals surface area contributed by atoms with Gasteiger partial charge in [-0.3, -0.25) is 0 Å². The van der Waals surface area contributed by atoms with Crippen molar-refractivity contribution in [1.29, 1.82) is 0 Å². The second-order valence-corrected chi connectivity index (χ2v) is 5.36. The van der Waals surface area contributed by atoms with Gasteiger partial charge in [0.25, 0.3) is 0 Å². The van der Waals surface area contributed by atoms with Crippen molar-refractivity contribution in [2.24, 2.45) is 0 Å². The molecule has 2 heteroatoms. The molecule has 1 aliphatic heterocycles. The molecule has 0 saturated carbocycles.